The number of aromatic hydroxyl groups is 1. The number of β-lactam (4-membered cyclic amide) rings is 1. The molecule has 32 heavy (non-hydrogen) atoms. The van der Waals surface area contributed by atoms with Crippen LogP contribution in [0.15, 0.2) is 24.3 Å². The van der Waals surface area contributed by atoms with Crippen molar-refractivity contribution >= 4 is 35.7 Å². The number of carbonyl (C=O) groups is 4. The third-order valence-corrected chi connectivity index (χ3v) is 6.71. The fourth-order valence-corrected chi connectivity index (χ4v) is 5.20. The number of thioether (sulfide) groups is 1. The van der Waals surface area contributed by atoms with Gasteiger partial charge in [0, 0.05) is 4.75 Å². The summed E-state index contributed by atoms with van der Waals surface area (Å²) in [6.07, 6.45) is -0.967. The van der Waals surface area contributed by atoms with Gasteiger partial charge < -0.3 is 35.3 Å². The van der Waals surface area contributed by atoms with E-state index in [1.807, 2.05) is 0 Å². The lowest BCUT2D eigenvalue weighted by Crippen LogP contribution is -2.71. The zero-order valence-electron chi connectivity index (χ0n) is 17.8. The van der Waals surface area contributed by atoms with Crippen LogP contribution in [0.2, 0.25) is 0 Å². The van der Waals surface area contributed by atoms with E-state index < -0.39 is 59.0 Å². The molecule has 0 radical (unpaired) electrons. The molecule has 1 aromatic carbocycles. The second-order valence-electron chi connectivity index (χ2n) is 7.72. The van der Waals surface area contributed by atoms with Crippen molar-refractivity contribution in [2.24, 2.45) is 5.73 Å². The number of ether oxygens (including phenoxy) is 3. The summed E-state index contributed by atoms with van der Waals surface area (Å²) in [5.74, 6) is -1.68. The number of nitrogens with zero attached hydrogens (tertiary/aromatic N) is 1. The molecule has 1 aromatic rings. The molecule has 0 aliphatic carbocycles. The van der Waals surface area contributed by atoms with Crippen LogP contribution in [0.4, 0.5) is 4.79 Å². The highest BCUT2D eigenvalue weighted by atomic mass is 32.2. The number of amides is 2. The minimum atomic E-state index is -1.03. The minimum absolute atomic E-state index is 0.0429. The summed E-state index contributed by atoms with van der Waals surface area (Å²) in [4.78, 5) is 50.5. The van der Waals surface area contributed by atoms with Gasteiger partial charge in [0.1, 0.15) is 29.2 Å². The monoisotopic (exact) mass is 467 g/mol. The smallest absolute Gasteiger partial charge is 0.508 e. The van der Waals surface area contributed by atoms with E-state index in [4.69, 9.17) is 10.5 Å². The van der Waals surface area contributed by atoms with Crippen LogP contribution >= 0.6 is 11.8 Å². The highest BCUT2D eigenvalue weighted by Gasteiger charge is 2.64. The molecule has 2 heterocycles. The van der Waals surface area contributed by atoms with Gasteiger partial charge in [-0.15, -0.1) is 11.8 Å². The molecule has 0 aromatic heterocycles. The molecule has 12 heteroatoms. The highest BCUT2D eigenvalue weighted by Crippen LogP contribution is 2.51. The lowest BCUT2D eigenvalue weighted by Gasteiger charge is -2.44. The van der Waals surface area contributed by atoms with Gasteiger partial charge in [-0.1, -0.05) is 12.1 Å². The Hall–Kier alpha value is -2.99. The van der Waals surface area contributed by atoms with Crippen molar-refractivity contribution in [3.63, 3.8) is 0 Å². The molecule has 0 spiro atoms. The van der Waals surface area contributed by atoms with E-state index in [1.165, 1.54) is 40.9 Å². The molecule has 0 bridgehead atoms. The zero-order valence-corrected chi connectivity index (χ0v) is 18.6. The zero-order chi connectivity index (χ0) is 23.6. The molecule has 3 rings (SSSR count). The number of hydrogen-bond acceptors (Lipinski definition) is 10. The molecule has 2 aliphatic heterocycles. The van der Waals surface area contributed by atoms with Gasteiger partial charge in [0.15, 0.2) is 0 Å². The van der Waals surface area contributed by atoms with Crippen LogP contribution in [-0.4, -0.2) is 69.5 Å². The largest absolute Gasteiger partial charge is 0.511 e. The number of phenolic OH excluding ortho intramolecular Hbond substituents is 1. The number of rotatable bonds is 7. The third kappa shape index (κ3) is 4.60. The summed E-state index contributed by atoms with van der Waals surface area (Å²) < 4.78 is 13.5. The number of carbonyl (C=O) groups excluding carboxylic acids is 4. The number of esters is 1. The maximum Gasteiger partial charge on any atom is 0.511 e. The second kappa shape index (κ2) is 9.25. The van der Waals surface area contributed by atoms with Crippen molar-refractivity contribution in [2.45, 2.75) is 49.0 Å². The Kier molecular flexibility index (Phi) is 6.84. The Morgan fingerprint density at radius 2 is 1.88 bits per heavy atom. The molecule has 2 fully saturated rings. The molecule has 2 saturated heterocycles. The summed E-state index contributed by atoms with van der Waals surface area (Å²) in [5, 5.41) is 11.5. The number of phenols is 1. The summed E-state index contributed by atoms with van der Waals surface area (Å²) in [6.45, 7) is 4.65. The Bertz CT molecular complexity index is 907. The van der Waals surface area contributed by atoms with E-state index >= 15 is 0 Å². The van der Waals surface area contributed by atoms with Gasteiger partial charge in [-0.2, -0.15) is 0 Å². The first-order valence-electron chi connectivity index (χ1n) is 9.88. The van der Waals surface area contributed by atoms with Crippen molar-refractivity contribution in [2.75, 3.05) is 13.4 Å². The summed E-state index contributed by atoms with van der Waals surface area (Å²) in [5.41, 5.74) is 6.45. The SMILES string of the molecule is CCOC(=O)OCOC(=O)[C@@H]1N2C(=O)[C@@H](NC(=O)C(N)c3ccc(O)cc3)[C@H]2SC1(C)C. The topological polar surface area (TPSA) is 157 Å². The summed E-state index contributed by atoms with van der Waals surface area (Å²) in [7, 11) is 0. The third-order valence-electron chi connectivity index (χ3n) is 5.14. The number of fused-ring (bicyclic) bond motifs is 1. The molecule has 0 saturated carbocycles. The normalized spacial score (nSPS) is 24.1. The first kappa shape index (κ1) is 23.7. The van der Waals surface area contributed by atoms with E-state index in [0.717, 1.165) is 0 Å². The van der Waals surface area contributed by atoms with Gasteiger partial charge in [-0.3, -0.25) is 9.59 Å². The lowest BCUT2D eigenvalue weighted by atomic mass is 9.95. The van der Waals surface area contributed by atoms with Gasteiger partial charge in [0.05, 0.1) is 6.61 Å². The van der Waals surface area contributed by atoms with Crippen LogP contribution in [0.1, 0.15) is 32.4 Å². The fraction of sp³-hybridized carbons (Fsp3) is 0.500. The van der Waals surface area contributed by atoms with Crippen LogP contribution < -0.4 is 11.1 Å². The summed E-state index contributed by atoms with van der Waals surface area (Å²) in [6, 6.07) is 3.07. The van der Waals surface area contributed by atoms with E-state index in [-0.39, 0.29) is 12.4 Å². The van der Waals surface area contributed by atoms with Crippen LogP contribution in [0.5, 0.6) is 5.75 Å². The quantitative estimate of drug-likeness (QED) is 0.295. The maximum atomic E-state index is 12.8. The van der Waals surface area contributed by atoms with E-state index in [1.54, 1.807) is 20.8 Å². The van der Waals surface area contributed by atoms with Crippen molar-refractivity contribution in [1.82, 2.24) is 10.2 Å². The molecular formula is C20H25N3O8S. The van der Waals surface area contributed by atoms with Gasteiger partial charge in [-0.05, 0) is 38.5 Å². The Labute approximate surface area is 188 Å². The molecule has 4 atom stereocenters. The molecule has 2 aliphatic rings. The second-order valence-corrected chi connectivity index (χ2v) is 9.49. The van der Waals surface area contributed by atoms with Gasteiger partial charge in [-0.25, -0.2) is 9.59 Å². The van der Waals surface area contributed by atoms with Gasteiger partial charge in [0.25, 0.3) is 0 Å². The Morgan fingerprint density at radius 3 is 2.50 bits per heavy atom. The van der Waals surface area contributed by atoms with Crippen LogP contribution in [0.25, 0.3) is 0 Å². The Balaban J connectivity index is 1.60. The number of nitrogens with one attached hydrogen (secondary N) is 1. The first-order chi connectivity index (χ1) is 15.1. The number of benzene rings is 1. The maximum absolute atomic E-state index is 12.8. The van der Waals surface area contributed by atoms with Crippen molar-refractivity contribution in [3.8, 4) is 5.75 Å². The fourth-order valence-electron chi connectivity index (χ4n) is 3.58. The predicted molar refractivity (Wildman–Crippen MR) is 112 cm³/mol. The molecule has 4 N–H and O–H groups in total. The van der Waals surface area contributed by atoms with Crippen molar-refractivity contribution < 1.29 is 38.5 Å². The number of hydrogen-bond donors (Lipinski definition) is 3. The first-order valence-corrected chi connectivity index (χ1v) is 10.8. The number of nitrogens with two attached hydrogens (primary N) is 1. The van der Waals surface area contributed by atoms with E-state index in [2.05, 4.69) is 14.8 Å². The predicted octanol–water partition coefficient (Wildman–Crippen LogP) is 0.613. The lowest BCUT2D eigenvalue weighted by molar-refractivity contribution is -0.170. The standard InChI is InChI=1S/C20H25N3O8S/c1-4-29-19(28)31-9-30-18(27)14-20(2,3)32-17-13(16(26)23(14)17)22-15(25)12(21)10-5-7-11(24)8-6-10/h5-8,12-14,17,24H,4,9,21H2,1-3H3,(H,22,25)/t12?,13-,14+,17-/m1/s1. The van der Waals surface area contributed by atoms with Gasteiger partial charge in [0.2, 0.25) is 18.6 Å². The Morgan fingerprint density at radius 1 is 1.22 bits per heavy atom. The van der Waals surface area contributed by atoms with Crippen molar-refractivity contribution in [3.05, 3.63) is 29.8 Å². The summed E-state index contributed by atoms with van der Waals surface area (Å²) >= 11 is 1.35. The molecule has 11 nitrogen and oxygen atoms in total. The highest BCUT2D eigenvalue weighted by molar-refractivity contribution is 8.01. The van der Waals surface area contributed by atoms with Crippen LogP contribution in [-0.2, 0) is 28.6 Å². The molecule has 1 unspecified atom stereocenters. The van der Waals surface area contributed by atoms with Crippen molar-refractivity contribution in [1.29, 1.82) is 0 Å². The average molecular weight is 468 g/mol. The van der Waals surface area contributed by atoms with E-state index in [0.29, 0.717) is 5.56 Å². The van der Waals surface area contributed by atoms with Crippen LogP contribution in [0.3, 0.4) is 0 Å². The van der Waals surface area contributed by atoms with Gasteiger partial charge >= 0.3 is 12.1 Å². The molecule has 174 valence electrons. The minimum Gasteiger partial charge on any atom is -0.508 e. The average Bonchev–Trinajstić information content (AvgIpc) is 2.99. The van der Waals surface area contributed by atoms with Crippen LogP contribution in [0, 0.1) is 0 Å². The molecular weight excluding hydrogens is 442 g/mol. The molecule has 2 amide bonds. The van der Waals surface area contributed by atoms with E-state index in [9.17, 15) is 24.3 Å².